The van der Waals surface area contributed by atoms with Crippen LogP contribution in [0.2, 0.25) is 0 Å². The van der Waals surface area contributed by atoms with Gasteiger partial charge in [0.15, 0.2) is 10.8 Å². The Kier molecular flexibility index (Phi) is 11.8. The summed E-state index contributed by atoms with van der Waals surface area (Å²) in [6.07, 6.45) is 0.393. The molecule has 2 atom stereocenters. The molecule has 0 bridgehead atoms. The molecule has 56 heavy (non-hydrogen) atoms. The van der Waals surface area contributed by atoms with Gasteiger partial charge < -0.3 is 15.0 Å². The third-order valence-corrected chi connectivity index (χ3v) is 11.3. The Bertz CT molecular complexity index is 1920. The largest absolute Gasteiger partial charge is 0.419 e. The smallest absolute Gasteiger partial charge is 0.378 e. The number of carbonyl (C=O) groups excluding carboxylic acids is 4. The van der Waals surface area contributed by atoms with Crippen molar-refractivity contribution in [1.29, 1.82) is 5.26 Å². The van der Waals surface area contributed by atoms with Crippen LogP contribution in [0.1, 0.15) is 88.1 Å². The Morgan fingerprint density at radius 1 is 1.09 bits per heavy atom. The summed E-state index contributed by atoms with van der Waals surface area (Å²) in [7, 11) is 0. The average Bonchev–Trinajstić information content (AvgIpc) is 3.31. The number of carbonyl (C=O) groups is 4. The number of rotatable bonds is 10. The molecule has 2 N–H and O–H groups in total. The summed E-state index contributed by atoms with van der Waals surface area (Å²) < 4.78 is 77.5. The summed E-state index contributed by atoms with van der Waals surface area (Å²) in [6, 6.07) is 5.07. The maximum atomic E-state index is 15.3. The number of amides is 4. The van der Waals surface area contributed by atoms with Crippen molar-refractivity contribution in [1.82, 2.24) is 25.1 Å². The van der Waals surface area contributed by atoms with Gasteiger partial charge >= 0.3 is 6.18 Å². The second-order valence-electron chi connectivity index (χ2n) is 15.1. The number of likely N-dealkylation sites (tertiary alicyclic amines) is 1. The molecule has 13 nitrogen and oxygen atoms in total. The lowest BCUT2D eigenvalue weighted by Gasteiger charge is -2.41. The van der Waals surface area contributed by atoms with Gasteiger partial charge in [-0.2, -0.15) is 18.4 Å². The van der Waals surface area contributed by atoms with Crippen LogP contribution in [0.3, 0.4) is 0 Å². The predicted octanol–water partition coefficient (Wildman–Crippen LogP) is 4.91. The number of halogens is 5. The van der Waals surface area contributed by atoms with E-state index in [-0.39, 0.29) is 61.3 Å². The average molecular weight is 805 g/mol. The van der Waals surface area contributed by atoms with E-state index in [9.17, 15) is 32.3 Å². The second-order valence-corrected chi connectivity index (χ2v) is 15.5. The number of thiocarbonyl (C=S) groups is 1. The lowest BCUT2D eigenvalue weighted by atomic mass is 9.88. The van der Waals surface area contributed by atoms with E-state index < -0.39 is 65.0 Å². The van der Waals surface area contributed by atoms with Gasteiger partial charge in [0.05, 0.1) is 60.1 Å². The van der Waals surface area contributed by atoms with Crippen molar-refractivity contribution in [2.24, 2.45) is 5.92 Å². The molecule has 2 aromatic rings. The number of hydrogen-bond acceptors (Lipinski definition) is 10. The minimum Gasteiger partial charge on any atom is -0.378 e. The zero-order valence-electron chi connectivity index (χ0n) is 30.7. The van der Waals surface area contributed by atoms with E-state index in [2.05, 4.69) is 20.6 Å². The summed E-state index contributed by atoms with van der Waals surface area (Å²) in [5, 5.41) is 14.1. The number of ether oxygens (including phenoxy) is 1. The monoisotopic (exact) mass is 804 g/mol. The third-order valence-electron chi connectivity index (χ3n) is 11.0. The van der Waals surface area contributed by atoms with Crippen molar-refractivity contribution >= 4 is 52.3 Å². The summed E-state index contributed by atoms with van der Waals surface area (Å²) in [6.45, 7) is 2.88. The molecule has 3 saturated heterocycles. The number of aromatic nitrogens is 2. The number of piperidine rings is 2. The maximum Gasteiger partial charge on any atom is 0.419 e. The van der Waals surface area contributed by atoms with Gasteiger partial charge in [-0.1, -0.05) is 0 Å². The Balaban J connectivity index is 0.944. The first-order chi connectivity index (χ1) is 26.4. The molecule has 0 aromatic carbocycles. The standard InChI is InChI=1S/C37H41F5N8O5S/c1-35(2)33(54)49(24-15-27(37(40,41)42)29(16-43)45-18-24)34(56)50(35)23-4-6-25(7-5-23)55-14-12-21-11-13-48(20-36(21,38)39)19-31(52)46-22-3-9-28(44-17-22)26-8-10-30(51)47-32(26)53/h3,9,15,17-18,21,23,25-26H,4-8,10-14,19-20H2,1-2H3,(H,46,52)(H,47,51,53). The van der Waals surface area contributed by atoms with Crippen molar-refractivity contribution < 1.29 is 45.9 Å². The molecular weight excluding hydrogens is 764 g/mol. The van der Waals surface area contributed by atoms with Crippen molar-refractivity contribution in [2.45, 2.75) is 101 Å². The van der Waals surface area contributed by atoms with Crippen LogP contribution in [0.4, 0.5) is 33.3 Å². The highest BCUT2D eigenvalue weighted by Crippen LogP contribution is 2.41. The molecule has 1 aliphatic carbocycles. The summed E-state index contributed by atoms with van der Waals surface area (Å²) in [4.78, 5) is 61.8. The quantitative estimate of drug-likeness (QED) is 0.191. The van der Waals surface area contributed by atoms with Crippen LogP contribution in [-0.4, -0.2) is 98.4 Å². The molecule has 0 spiro atoms. The van der Waals surface area contributed by atoms with Gasteiger partial charge in [-0.25, -0.2) is 13.8 Å². The molecule has 2 unspecified atom stereocenters. The van der Waals surface area contributed by atoms with Gasteiger partial charge in [0.2, 0.25) is 17.7 Å². The minimum absolute atomic E-state index is 0.0350. The first-order valence-electron chi connectivity index (χ1n) is 18.4. The molecule has 4 fully saturated rings. The Labute approximate surface area is 324 Å². The van der Waals surface area contributed by atoms with Gasteiger partial charge in [0, 0.05) is 25.0 Å². The van der Waals surface area contributed by atoms with Crippen LogP contribution < -0.4 is 15.5 Å². The highest BCUT2D eigenvalue weighted by molar-refractivity contribution is 7.80. The van der Waals surface area contributed by atoms with Gasteiger partial charge in [-0.05, 0) is 95.8 Å². The second kappa shape index (κ2) is 16.1. The highest BCUT2D eigenvalue weighted by Gasteiger charge is 2.53. The fourth-order valence-electron chi connectivity index (χ4n) is 7.99. The van der Waals surface area contributed by atoms with E-state index in [1.54, 1.807) is 30.9 Å². The summed E-state index contributed by atoms with van der Waals surface area (Å²) >= 11 is 5.64. The fourth-order valence-corrected chi connectivity index (χ4v) is 8.56. The molecule has 4 amide bonds. The number of alkyl halides is 5. The predicted molar refractivity (Wildman–Crippen MR) is 194 cm³/mol. The first kappa shape index (κ1) is 41.0. The molecule has 19 heteroatoms. The van der Waals surface area contributed by atoms with Crippen molar-refractivity contribution in [3.63, 3.8) is 0 Å². The van der Waals surface area contributed by atoms with E-state index in [0.29, 0.717) is 56.1 Å². The van der Waals surface area contributed by atoms with Crippen LogP contribution in [-0.2, 0) is 30.1 Å². The number of imide groups is 1. The molecule has 1 saturated carbocycles. The fraction of sp³-hybridized carbons (Fsp3) is 0.568. The minimum atomic E-state index is -4.87. The van der Waals surface area contributed by atoms with E-state index in [1.807, 2.05) is 0 Å². The molecule has 5 heterocycles. The topological polar surface area (TPSA) is 161 Å². The van der Waals surface area contributed by atoms with Gasteiger partial charge in [0.1, 0.15) is 11.6 Å². The van der Waals surface area contributed by atoms with E-state index in [0.717, 1.165) is 11.1 Å². The SMILES string of the molecule is CC1(C)C(=O)N(c2cnc(C#N)c(C(F)(F)F)c2)C(=S)N1C1CCC(OCCC2CCN(CC(=O)Nc3ccc(C4CCC(=O)NC4=O)nc3)CC2(F)F)CC1. The molecule has 300 valence electrons. The van der Waals surface area contributed by atoms with Gasteiger partial charge in [0.25, 0.3) is 11.8 Å². The van der Waals surface area contributed by atoms with Crippen LogP contribution in [0.5, 0.6) is 0 Å². The molecule has 2 aromatic heterocycles. The van der Waals surface area contributed by atoms with E-state index in [1.165, 1.54) is 17.2 Å². The number of anilines is 2. The lowest BCUT2D eigenvalue weighted by Crippen LogP contribution is -2.51. The maximum absolute atomic E-state index is 15.3. The number of pyridine rings is 2. The van der Waals surface area contributed by atoms with Crippen molar-refractivity contribution in [3.8, 4) is 6.07 Å². The molecule has 0 radical (unpaired) electrons. The number of nitriles is 1. The molecule has 3 aliphatic heterocycles. The number of hydrogen-bond donors (Lipinski definition) is 2. The Morgan fingerprint density at radius 3 is 2.45 bits per heavy atom. The zero-order chi connectivity index (χ0) is 40.6. The number of nitrogens with one attached hydrogen (secondary N) is 2. The van der Waals surface area contributed by atoms with Crippen molar-refractivity contribution in [2.75, 3.05) is 36.5 Å². The van der Waals surface area contributed by atoms with E-state index in [4.69, 9.17) is 22.2 Å². The van der Waals surface area contributed by atoms with Gasteiger partial charge in [-0.15, -0.1) is 0 Å². The van der Waals surface area contributed by atoms with Crippen LogP contribution in [0, 0.1) is 17.2 Å². The highest BCUT2D eigenvalue weighted by atomic mass is 32.1. The summed E-state index contributed by atoms with van der Waals surface area (Å²) in [5.74, 6) is -6.32. The van der Waals surface area contributed by atoms with E-state index >= 15 is 8.78 Å². The molecular formula is C37H41F5N8O5S. The summed E-state index contributed by atoms with van der Waals surface area (Å²) in [5.41, 5.74) is -2.62. The van der Waals surface area contributed by atoms with Crippen LogP contribution >= 0.6 is 12.2 Å². The zero-order valence-corrected chi connectivity index (χ0v) is 31.5. The van der Waals surface area contributed by atoms with Crippen LogP contribution in [0.15, 0.2) is 30.6 Å². The lowest BCUT2D eigenvalue weighted by molar-refractivity contribution is -0.138. The Morgan fingerprint density at radius 2 is 1.82 bits per heavy atom. The Hall–Kier alpha value is -4.67. The normalized spacial score (nSPS) is 25.5. The molecule has 4 aliphatic rings. The molecule has 6 rings (SSSR count). The first-order valence-corrected chi connectivity index (χ1v) is 18.8. The third kappa shape index (κ3) is 8.66. The van der Waals surface area contributed by atoms with Crippen LogP contribution in [0.25, 0.3) is 0 Å². The number of nitrogens with zero attached hydrogens (tertiary/aromatic N) is 6. The van der Waals surface area contributed by atoms with Gasteiger partial charge in [-0.3, -0.25) is 39.3 Å². The van der Waals surface area contributed by atoms with Crippen molar-refractivity contribution in [3.05, 3.63) is 47.5 Å².